The summed E-state index contributed by atoms with van der Waals surface area (Å²) in [6, 6.07) is 20.0. The zero-order chi connectivity index (χ0) is 14.1. The molecule has 0 aromatic heterocycles. The van der Waals surface area contributed by atoms with Gasteiger partial charge in [0.2, 0.25) is 0 Å². The Morgan fingerprint density at radius 1 is 0.850 bits per heavy atom. The van der Waals surface area contributed by atoms with E-state index in [2.05, 4.69) is 34.6 Å². The van der Waals surface area contributed by atoms with Gasteiger partial charge in [0.05, 0.1) is 0 Å². The fourth-order valence-electron chi connectivity index (χ4n) is 0.642. The molecule has 0 saturated heterocycles. The van der Waals surface area contributed by atoms with Crippen molar-refractivity contribution in [2.45, 2.75) is 40.5 Å². The van der Waals surface area contributed by atoms with Gasteiger partial charge in [0, 0.05) is 25.8 Å². The van der Waals surface area contributed by atoms with Gasteiger partial charge in [-0.25, -0.2) is 24.3 Å². The fourth-order valence-corrected chi connectivity index (χ4v) is 0.642. The molecule has 0 radical (unpaired) electrons. The van der Waals surface area contributed by atoms with Crippen LogP contribution in [0.2, 0.25) is 0 Å². The minimum Gasteiger partial charge on any atom is -0.343 e. The van der Waals surface area contributed by atoms with Gasteiger partial charge in [-0.05, 0) is 0 Å². The van der Waals surface area contributed by atoms with Crippen molar-refractivity contribution in [2.24, 2.45) is 0 Å². The van der Waals surface area contributed by atoms with Gasteiger partial charge in [0.15, 0.2) is 0 Å². The molecule has 2 aromatic rings. The molecule has 0 unspecified atom stereocenters. The van der Waals surface area contributed by atoms with Gasteiger partial charge in [-0.15, -0.1) is 0 Å². The van der Waals surface area contributed by atoms with Crippen LogP contribution in [0.3, 0.4) is 0 Å². The molecule has 0 nitrogen and oxygen atoms in total. The molecule has 0 heterocycles. The smallest absolute Gasteiger partial charge is 0.343 e. The molecule has 0 aliphatic rings. The Balaban J connectivity index is -0.0000000833. The van der Waals surface area contributed by atoms with E-state index in [1.165, 1.54) is 12.3 Å². The van der Waals surface area contributed by atoms with Gasteiger partial charge < -0.3 is 12.8 Å². The number of unbranched alkanes of at least 4 members (excludes halogenated alkanes) is 1. The van der Waals surface area contributed by atoms with Crippen LogP contribution < -0.4 is 18.9 Å². The van der Waals surface area contributed by atoms with E-state index >= 15 is 0 Å². The van der Waals surface area contributed by atoms with E-state index in [0.29, 0.717) is 0 Å². The summed E-state index contributed by atoms with van der Waals surface area (Å²) in [4.78, 5) is 0. The van der Waals surface area contributed by atoms with Gasteiger partial charge in [-0.2, -0.15) is 63.6 Å². The molecular weight excluding hydrogens is 402 g/mol. The fraction of sp³-hybridized carbons (Fsp3) is 0.333. The first kappa shape index (κ1) is 28.3. The summed E-state index contributed by atoms with van der Waals surface area (Å²) in [5.41, 5.74) is 0. The first-order valence-corrected chi connectivity index (χ1v) is 6.54. The first-order valence-electron chi connectivity index (χ1n) is 6.54. The van der Waals surface area contributed by atoms with E-state index in [9.17, 15) is 0 Å². The van der Waals surface area contributed by atoms with E-state index in [4.69, 9.17) is 0 Å². The quantitative estimate of drug-likeness (QED) is 0.483. The second-order valence-corrected chi connectivity index (χ2v) is 4.28. The Kier molecular flexibility index (Phi) is 39.0. The van der Waals surface area contributed by atoms with Crippen molar-refractivity contribution < 1.29 is 44.7 Å². The summed E-state index contributed by atoms with van der Waals surface area (Å²) in [5, 5.41) is 0. The van der Waals surface area contributed by atoms with Gasteiger partial charge in [0.25, 0.3) is 0 Å². The van der Waals surface area contributed by atoms with Crippen molar-refractivity contribution in [3.63, 3.8) is 0 Å². The SMILES string of the molecule is C[C-](C)C.[CH2-]CCC.[Hf].[Li+].c1cc[cH-]c1.c1cc[cH-]c1. The van der Waals surface area contributed by atoms with Crippen LogP contribution >= 0.6 is 0 Å². The van der Waals surface area contributed by atoms with Crippen LogP contribution in [0.5, 0.6) is 0 Å². The summed E-state index contributed by atoms with van der Waals surface area (Å²) in [6.07, 6.45) is 2.28. The first-order chi connectivity index (χ1) is 8.65. The Morgan fingerprint density at radius 2 is 1.05 bits per heavy atom. The molecule has 2 heteroatoms. The van der Waals surface area contributed by atoms with Crippen LogP contribution in [0.1, 0.15) is 40.5 Å². The Hall–Kier alpha value is 0.168. The summed E-state index contributed by atoms with van der Waals surface area (Å²) in [7, 11) is 0. The molecule has 0 aliphatic heterocycles. The van der Waals surface area contributed by atoms with Crippen molar-refractivity contribution in [3.05, 3.63) is 73.5 Å². The summed E-state index contributed by atoms with van der Waals surface area (Å²) in [5.74, 6) is 1.42. The van der Waals surface area contributed by atoms with Crippen LogP contribution in [0.25, 0.3) is 0 Å². The number of rotatable bonds is 1. The molecule has 108 valence electrons. The normalized spacial score (nSPS) is 7.30. The molecule has 20 heavy (non-hydrogen) atoms. The largest absolute Gasteiger partial charge is 1.00 e. The number of hydrogen-bond donors (Lipinski definition) is 0. The molecule has 0 saturated carbocycles. The molecule has 0 spiro atoms. The van der Waals surface area contributed by atoms with Crippen LogP contribution in [0.4, 0.5) is 0 Å². The summed E-state index contributed by atoms with van der Waals surface area (Å²) < 4.78 is 0. The van der Waals surface area contributed by atoms with Crippen molar-refractivity contribution in [3.8, 4) is 0 Å². The standard InChI is InChI=1S/2C5H5.2C4H9.Hf.Li/c2*1-2-4-5-3-1;1-4(2)3;1-3-4-2;;/h2*1-5H;1-3H3;1,3-4H2,2H3;;/q4*-1;;+1. The van der Waals surface area contributed by atoms with Crippen molar-refractivity contribution in [1.29, 1.82) is 0 Å². The molecular formula is C18H28HfLi-3. The van der Waals surface area contributed by atoms with Gasteiger partial charge >= 0.3 is 18.9 Å². The van der Waals surface area contributed by atoms with Crippen molar-refractivity contribution >= 4 is 0 Å². The Bertz CT molecular complexity index is 207. The van der Waals surface area contributed by atoms with Crippen molar-refractivity contribution in [2.75, 3.05) is 0 Å². The van der Waals surface area contributed by atoms with E-state index in [-0.39, 0.29) is 44.7 Å². The van der Waals surface area contributed by atoms with Crippen LogP contribution in [-0.4, -0.2) is 0 Å². The minimum atomic E-state index is 0. The Labute approximate surface area is 158 Å². The average Bonchev–Trinajstić information content (AvgIpc) is 3.05. The Morgan fingerprint density at radius 3 is 1.10 bits per heavy atom. The molecule has 0 N–H and O–H groups in total. The van der Waals surface area contributed by atoms with Crippen LogP contribution in [-0.2, 0) is 25.8 Å². The predicted molar refractivity (Wildman–Crippen MR) is 84.6 cm³/mol. The molecule has 0 fully saturated rings. The number of hydrogen-bond acceptors (Lipinski definition) is 0. The average molecular weight is 430 g/mol. The third-order valence-electron chi connectivity index (χ3n) is 1.46. The monoisotopic (exact) mass is 431 g/mol. The second kappa shape index (κ2) is 27.5. The molecule has 0 amide bonds. The van der Waals surface area contributed by atoms with Gasteiger partial charge in [0.1, 0.15) is 0 Å². The minimum absolute atomic E-state index is 0. The van der Waals surface area contributed by atoms with E-state index < -0.39 is 0 Å². The summed E-state index contributed by atoms with van der Waals surface area (Å²) >= 11 is 0. The van der Waals surface area contributed by atoms with E-state index in [0.717, 1.165) is 6.42 Å². The van der Waals surface area contributed by atoms with Crippen LogP contribution in [0.15, 0.2) is 60.7 Å². The zero-order valence-corrected chi connectivity index (χ0v) is 17.5. The maximum Gasteiger partial charge on any atom is 1.00 e. The zero-order valence-electron chi connectivity index (χ0n) is 13.9. The molecule has 2 aromatic carbocycles. The molecule has 0 atom stereocenters. The van der Waals surface area contributed by atoms with Gasteiger partial charge in [-0.1, -0.05) is 13.3 Å². The maximum atomic E-state index is 3.60. The van der Waals surface area contributed by atoms with Gasteiger partial charge in [-0.3, -0.25) is 0 Å². The van der Waals surface area contributed by atoms with Crippen LogP contribution in [0, 0.1) is 12.8 Å². The van der Waals surface area contributed by atoms with E-state index in [1.54, 1.807) is 0 Å². The van der Waals surface area contributed by atoms with E-state index in [1.807, 2.05) is 60.7 Å². The topological polar surface area (TPSA) is 0 Å². The summed E-state index contributed by atoms with van der Waals surface area (Å²) in [6.45, 7) is 12.0. The third-order valence-corrected chi connectivity index (χ3v) is 1.46. The maximum absolute atomic E-state index is 3.60. The second-order valence-electron chi connectivity index (χ2n) is 4.28. The molecule has 2 rings (SSSR count). The third kappa shape index (κ3) is 42.9. The predicted octanol–water partition coefficient (Wildman–Crippen LogP) is 3.05. The molecule has 0 bridgehead atoms. The van der Waals surface area contributed by atoms with Crippen molar-refractivity contribution in [1.82, 2.24) is 0 Å². The molecule has 0 aliphatic carbocycles.